The van der Waals surface area contributed by atoms with E-state index in [4.69, 9.17) is 0 Å². The Hall–Kier alpha value is -0.540. The lowest BCUT2D eigenvalue weighted by Crippen LogP contribution is -2.57. The molecule has 1 saturated heterocycles. The molecule has 2 unspecified atom stereocenters. The predicted octanol–water partition coefficient (Wildman–Crippen LogP) is 3.07. The molecule has 3 nitrogen and oxygen atoms in total. The molecule has 2 heterocycles. The fourth-order valence-electron chi connectivity index (χ4n) is 3.44. The van der Waals surface area contributed by atoms with Crippen LogP contribution in [-0.2, 0) is 0 Å². The molecule has 2 aliphatic heterocycles. The van der Waals surface area contributed by atoms with Crippen molar-refractivity contribution in [1.29, 1.82) is 0 Å². The lowest BCUT2D eigenvalue weighted by Gasteiger charge is -2.46. The van der Waals surface area contributed by atoms with Crippen molar-refractivity contribution >= 4 is 0 Å². The van der Waals surface area contributed by atoms with E-state index in [-0.39, 0.29) is 6.23 Å². The zero-order valence-corrected chi connectivity index (χ0v) is 12.9. The normalized spacial score (nSPS) is 30.1. The van der Waals surface area contributed by atoms with Gasteiger partial charge in [-0.25, -0.2) is 0 Å². The molecule has 0 aliphatic carbocycles. The van der Waals surface area contributed by atoms with Crippen molar-refractivity contribution in [2.45, 2.75) is 72.2 Å². The van der Waals surface area contributed by atoms with Crippen molar-refractivity contribution in [2.24, 2.45) is 11.8 Å². The molecule has 19 heavy (non-hydrogen) atoms. The number of aliphatic hydroxyl groups is 1. The van der Waals surface area contributed by atoms with Gasteiger partial charge in [0.15, 0.2) is 0 Å². The molecular weight excluding hydrogens is 236 g/mol. The van der Waals surface area contributed by atoms with Gasteiger partial charge >= 0.3 is 0 Å². The van der Waals surface area contributed by atoms with Crippen molar-refractivity contribution in [3.8, 4) is 0 Å². The first kappa shape index (κ1) is 14.9. The van der Waals surface area contributed by atoms with Crippen LogP contribution < -0.4 is 5.32 Å². The highest BCUT2D eigenvalue weighted by Gasteiger charge is 2.36. The Morgan fingerprint density at radius 1 is 1.05 bits per heavy atom. The second-order valence-corrected chi connectivity index (χ2v) is 6.65. The molecular formula is C16H30N2O. The van der Waals surface area contributed by atoms with Crippen molar-refractivity contribution in [3.63, 3.8) is 0 Å². The Bertz CT molecular complexity index is 336. The van der Waals surface area contributed by atoms with Crippen molar-refractivity contribution in [1.82, 2.24) is 10.2 Å². The first-order chi connectivity index (χ1) is 9.02. The zero-order chi connectivity index (χ0) is 14.0. The fraction of sp³-hybridized carbons (Fsp3) is 0.875. The third-order valence-electron chi connectivity index (χ3n) is 4.47. The number of nitrogens with zero attached hydrogens (tertiary/aromatic N) is 1. The summed E-state index contributed by atoms with van der Waals surface area (Å²) in [6.45, 7) is 9.83. The van der Waals surface area contributed by atoms with Gasteiger partial charge in [-0.3, -0.25) is 4.90 Å². The van der Waals surface area contributed by atoms with Gasteiger partial charge in [0.1, 0.15) is 6.23 Å². The molecule has 2 rings (SSSR count). The Labute approximate surface area is 118 Å². The first-order valence-electron chi connectivity index (χ1n) is 7.96. The minimum atomic E-state index is -0.387. The van der Waals surface area contributed by atoms with Gasteiger partial charge in [0.25, 0.3) is 0 Å². The van der Waals surface area contributed by atoms with Gasteiger partial charge in [0.05, 0.1) is 6.17 Å². The largest absolute Gasteiger partial charge is 0.374 e. The third kappa shape index (κ3) is 3.14. The molecule has 110 valence electrons. The number of allylic oxidation sites excluding steroid dienone is 1. The molecule has 0 saturated carbocycles. The molecule has 0 aromatic carbocycles. The molecule has 0 amide bonds. The number of fused-ring (bicyclic) bond motifs is 1. The highest BCUT2D eigenvalue weighted by molar-refractivity contribution is 5.24. The van der Waals surface area contributed by atoms with E-state index < -0.39 is 0 Å². The summed E-state index contributed by atoms with van der Waals surface area (Å²) in [5.41, 5.74) is 2.48. The lowest BCUT2D eigenvalue weighted by atomic mass is 9.89. The van der Waals surface area contributed by atoms with Crippen LogP contribution in [0.4, 0.5) is 0 Å². The minimum absolute atomic E-state index is 0.329. The van der Waals surface area contributed by atoms with E-state index in [9.17, 15) is 5.11 Å². The monoisotopic (exact) mass is 266 g/mol. The van der Waals surface area contributed by atoms with Gasteiger partial charge in [-0.2, -0.15) is 0 Å². The Balaban J connectivity index is 2.30. The van der Waals surface area contributed by atoms with Crippen LogP contribution in [0.2, 0.25) is 0 Å². The zero-order valence-electron chi connectivity index (χ0n) is 12.9. The molecule has 2 atom stereocenters. The molecule has 0 radical (unpaired) electrons. The summed E-state index contributed by atoms with van der Waals surface area (Å²) in [6, 6.07) is 0. The molecule has 2 N–H and O–H groups in total. The Kier molecular flexibility index (Phi) is 4.91. The highest BCUT2D eigenvalue weighted by atomic mass is 16.3. The van der Waals surface area contributed by atoms with E-state index in [1.807, 2.05) is 0 Å². The molecule has 1 fully saturated rings. The summed E-state index contributed by atoms with van der Waals surface area (Å²) in [4.78, 5) is 2.28. The second-order valence-electron chi connectivity index (χ2n) is 6.65. The lowest BCUT2D eigenvalue weighted by molar-refractivity contribution is -0.0336. The van der Waals surface area contributed by atoms with Gasteiger partial charge in [-0.05, 0) is 30.3 Å². The molecule has 3 heteroatoms. The van der Waals surface area contributed by atoms with Gasteiger partial charge < -0.3 is 10.4 Å². The number of rotatable bonds is 2. The average molecular weight is 266 g/mol. The maximum Gasteiger partial charge on any atom is 0.133 e. The number of aliphatic hydroxyl groups excluding tert-OH is 1. The number of hydrogen-bond donors (Lipinski definition) is 2. The van der Waals surface area contributed by atoms with Gasteiger partial charge in [-0.1, -0.05) is 47.0 Å². The molecule has 2 aliphatic rings. The quantitative estimate of drug-likeness (QED) is 0.806. The van der Waals surface area contributed by atoms with Gasteiger partial charge in [0.2, 0.25) is 0 Å². The SMILES string of the molecule is CC(C)C1=C(C(C)C)C(O)N2CCCCCCC2N1. The molecule has 0 bridgehead atoms. The summed E-state index contributed by atoms with van der Waals surface area (Å²) in [6.07, 6.45) is 6.20. The van der Waals surface area contributed by atoms with Crippen LogP contribution in [0.1, 0.15) is 59.8 Å². The predicted molar refractivity (Wildman–Crippen MR) is 79.4 cm³/mol. The van der Waals surface area contributed by atoms with E-state index in [0.717, 1.165) is 13.0 Å². The van der Waals surface area contributed by atoms with Crippen LogP contribution in [-0.4, -0.2) is 28.9 Å². The van der Waals surface area contributed by atoms with Crippen LogP contribution in [0.15, 0.2) is 11.3 Å². The first-order valence-corrected chi connectivity index (χ1v) is 7.96. The Morgan fingerprint density at radius 2 is 1.74 bits per heavy atom. The van der Waals surface area contributed by atoms with Crippen LogP contribution in [0.3, 0.4) is 0 Å². The van der Waals surface area contributed by atoms with Crippen LogP contribution in [0.5, 0.6) is 0 Å². The summed E-state index contributed by atoms with van der Waals surface area (Å²) < 4.78 is 0. The second kappa shape index (κ2) is 6.27. The standard InChI is InChI=1S/C16H30N2O/c1-11(2)14-15(12(3)4)17-13-9-7-5-6-8-10-18(13)16(14)19/h11-13,16-17,19H,5-10H2,1-4H3. The van der Waals surface area contributed by atoms with E-state index in [2.05, 4.69) is 37.9 Å². The maximum absolute atomic E-state index is 10.8. The van der Waals surface area contributed by atoms with Gasteiger partial charge in [0, 0.05) is 12.2 Å². The minimum Gasteiger partial charge on any atom is -0.374 e. The van der Waals surface area contributed by atoms with Gasteiger partial charge in [-0.15, -0.1) is 0 Å². The molecule has 0 aromatic heterocycles. The van der Waals surface area contributed by atoms with E-state index in [0.29, 0.717) is 18.0 Å². The van der Waals surface area contributed by atoms with Crippen LogP contribution in [0, 0.1) is 11.8 Å². The highest BCUT2D eigenvalue weighted by Crippen LogP contribution is 2.32. The van der Waals surface area contributed by atoms with E-state index >= 15 is 0 Å². The number of hydrogen-bond acceptors (Lipinski definition) is 3. The van der Waals surface area contributed by atoms with Crippen LogP contribution in [0.25, 0.3) is 0 Å². The summed E-state index contributed by atoms with van der Waals surface area (Å²) in [5, 5.41) is 14.5. The summed E-state index contributed by atoms with van der Waals surface area (Å²) in [5.74, 6) is 0.853. The average Bonchev–Trinajstić information content (AvgIpc) is 2.29. The summed E-state index contributed by atoms with van der Waals surface area (Å²) in [7, 11) is 0. The van der Waals surface area contributed by atoms with Crippen molar-refractivity contribution in [3.05, 3.63) is 11.3 Å². The summed E-state index contributed by atoms with van der Waals surface area (Å²) >= 11 is 0. The topological polar surface area (TPSA) is 35.5 Å². The Morgan fingerprint density at radius 3 is 2.37 bits per heavy atom. The fourth-order valence-corrected chi connectivity index (χ4v) is 3.44. The number of nitrogens with one attached hydrogen (secondary N) is 1. The van der Waals surface area contributed by atoms with Crippen molar-refractivity contribution in [2.75, 3.05) is 6.54 Å². The van der Waals surface area contributed by atoms with Crippen LogP contribution >= 0.6 is 0 Å². The maximum atomic E-state index is 10.8. The van der Waals surface area contributed by atoms with Crippen molar-refractivity contribution < 1.29 is 5.11 Å². The van der Waals surface area contributed by atoms with E-state index in [1.165, 1.54) is 37.0 Å². The third-order valence-corrected chi connectivity index (χ3v) is 4.47. The molecule has 0 aromatic rings. The smallest absolute Gasteiger partial charge is 0.133 e. The van der Waals surface area contributed by atoms with E-state index in [1.54, 1.807) is 0 Å². The molecule has 0 spiro atoms.